The summed E-state index contributed by atoms with van der Waals surface area (Å²) in [5, 5.41) is 0. The molecule has 0 saturated heterocycles. The fourth-order valence-corrected chi connectivity index (χ4v) is 5.06. The lowest BCUT2D eigenvalue weighted by Gasteiger charge is -2.28. The van der Waals surface area contributed by atoms with Gasteiger partial charge in [0.2, 0.25) is 10.0 Å². The molecule has 1 aliphatic carbocycles. The first-order chi connectivity index (χ1) is 9.82. The Labute approximate surface area is 132 Å². The van der Waals surface area contributed by atoms with Crippen molar-refractivity contribution in [3.05, 3.63) is 29.3 Å². The molecule has 1 saturated carbocycles. The van der Waals surface area contributed by atoms with Crippen LogP contribution in [0.3, 0.4) is 0 Å². The minimum atomic E-state index is -3.57. The molecule has 6 heteroatoms. The van der Waals surface area contributed by atoms with E-state index in [2.05, 4.69) is 0 Å². The van der Waals surface area contributed by atoms with Crippen LogP contribution in [0, 0.1) is 13.8 Å². The van der Waals surface area contributed by atoms with Crippen molar-refractivity contribution in [3.63, 3.8) is 0 Å². The molecule has 0 amide bonds. The van der Waals surface area contributed by atoms with Gasteiger partial charge in [-0.25, -0.2) is 8.42 Å². The maximum atomic E-state index is 13.0. The van der Waals surface area contributed by atoms with Crippen LogP contribution >= 0.6 is 12.2 Å². The minimum Gasteiger partial charge on any atom is -0.392 e. The van der Waals surface area contributed by atoms with Crippen molar-refractivity contribution in [2.24, 2.45) is 5.73 Å². The molecule has 2 N–H and O–H groups in total. The third kappa shape index (κ3) is 3.62. The van der Waals surface area contributed by atoms with Crippen molar-refractivity contribution in [1.29, 1.82) is 0 Å². The Hall–Kier alpha value is -0.980. The van der Waals surface area contributed by atoms with Crippen molar-refractivity contribution >= 4 is 27.2 Å². The third-order valence-corrected chi connectivity index (χ3v) is 6.14. The maximum Gasteiger partial charge on any atom is 0.243 e. The van der Waals surface area contributed by atoms with E-state index in [-0.39, 0.29) is 17.6 Å². The predicted octanol–water partition coefficient (Wildman–Crippen LogP) is 2.52. The van der Waals surface area contributed by atoms with E-state index >= 15 is 0 Å². The topological polar surface area (TPSA) is 63.4 Å². The highest BCUT2D eigenvalue weighted by molar-refractivity contribution is 7.89. The van der Waals surface area contributed by atoms with Crippen LogP contribution in [0.2, 0.25) is 0 Å². The molecule has 116 valence electrons. The molecular weight excluding hydrogens is 304 g/mol. The molecule has 0 heterocycles. The van der Waals surface area contributed by atoms with E-state index in [0.717, 1.165) is 36.8 Å². The van der Waals surface area contributed by atoms with Gasteiger partial charge in [-0.2, -0.15) is 4.31 Å². The second-order valence-electron chi connectivity index (χ2n) is 5.72. The Balaban J connectivity index is 2.45. The van der Waals surface area contributed by atoms with Crippen molar-refractivity contribution in [2.45, 2.75) is 50.5 Å². The monoisotopic (exact) mass is 326 g/mol. The van der Waals surface area contributed by atoms with Crippen molar-refractivity contribution in [3.8, 4) is 0 Å². The Bertz CT molecular complexity index is 635. The molecular formula is C15H22N2O2S2. The molecule has 21 heavy (non-hydrogen) atoms. The highest BCUT2D eigenvalue weighted by atomic mass is 32.2. The number of aryl methyl sites for hydroxylation is 2. The summed E-state index contributed by atoms with van der Waals surface area (Å²) in [6.07, 6.45) is 3.88. The average molecular weight is 326 g/mol. The van der Waals surface area contributed by atoms with Crippen LogP contribution in [0.1, 0.15) is 36.8 Å². The van der Waals surface area contributed by atoms with Gasteiger partial charge in [-0.15, -0.1) is 0 Å². The smallest absolute Gasteiger partial charge is 0.243 e. The molecule has 1 aromatic rings. The van der Waals surface area contributed by atoms with Gasteiger partial charge in [0, 0.05) is 6.04 Å². The first kappa shape index (κ1) is 16.4. The molecule has 0 bridgehead atoms. The molecule has 1 fully saturated rings. The molecule has 0 radical (unpaired) electrons. The summed E-state index contributed by atoms with van der Waals surface area (Å²) >= 11 is 4.96. The van der Waals surface area contributed by atoms with Crippen LogP contribution in [-0.4, -0.2) is 30.3 Å². The predicted molar refractivity (Wildman–Crippen MR) is 88.8 cm³/mol. The van der Waals surface area contributed by atoms with E-state index in [0.29, 0.717) is 4.90 Å². The Morgan fingerprint density at radius 3 is 2.52 bits per heavy atom. The second-order valence-corrected chi connectivity index (χ2v) is 8.11. The van der Waals surface area contributed by atoms with E-state index in [9.17, 15) is 8.42 Å². The lowest BCUT2D eigenvalue weighted by Crippen LogP contribution is -2.43. The number of nitrogens with two attached hydrogens (primary N) is 1. The van der Waals surface area contributed by atoms with Crippen LogP contribution in [0.4, 0.5) is 0 Å². The lowest BCUT2D eigenvalue weighted by atomic mass is 10.2. The van der Waals surface area contributed by atoms with Crippen molar-refractivity contribution in [1.82, 2.24) is 4.31 Å². The normalized spacial score (nSPS) is 16.5. The van der Waals surface area contributed by atoms with Gasteiger partial charge in [0.25, 0.3) is 0 Å². The SMILES string of the molecule is Cc1ccc(C)c(S(=O)(=O)N(CC(N)=S)C2CCCC2)c1. The van der Waals surface area contributed by atoms with Crippen LogP contribution in [0.25, 0.3) is 0 Å². The fraction of sp³-hybridized carbons (Fsp3) is 0.533. The second kappa shape index (κ2) is 6.42. The maximum absolute atomic E-state index is 13.0. The first-order valence-corrected chi connectivity index (χ1v) is 9.04. The summed E-state index contributed by atoms with van der Waals surface area (Å²) in [6.45, 7) is 3.83. The zero-order valence-electron chi connectivity index (χ0n) is 12.5. The van der Waals surface area contributed by atoms with Crippen LogP contribution in [0.5, 0.6) is 0 Å². The number of rotatable bonds is 5. The number of hydrogen-bond acceptors (Lipinski definition) is 3. The number of hydrogen-bond donors (Lipinski definition) is 1. The summed E-state index contributed by atoms with van der Waals surface area (Å²) in [6, 6.07) is 5.50. The number of thiocarbonyl (C=S) groups is 1. The average Bonchev–Trinajstić information content (AvgIpc) is 2.92. The molecule has 0 aromatic heterocycles. The molecule has 0 spiro atoms. The minimum absolute atomic E-state index is 0.0106. The van der Waals surface area contributed by atoms with Crippen LogP contribution in [0.15, 0.2) is 23.1 Å². The lowest BCUT2D eigenvalue weighted by molar-refractivity contribution is 0.355. The highest BCUT2D eigenvalue weighted by Gasteiger charge is 2.34. The van der Waals surface area contributed by atoms with Gasteiger partial charge in [0.05, 0.1) is 16.4 Å². The molecule has 0 unspecified atom stereocenters. The summed E-state index contributed by atoms with van der Waals surface area (Å²) < 4.78 is 27.6. The van der Waals surface area contributed by atoms with E-state index in [4.69, 9.17) is 18.0 Å². The molecule has 0 atom stereocenters. The van der Waals surface area contributed by atoms with Crippen molar-refractivity contribution in [2.75, 3.05) is 6.54 Å². The van der Waals surface area contributed by atoms with Crippen molar-refractivity contribution < 1.29 is 8.42 Å². The quantitative estimate of drug-likeness (QED) is 0.845. The van der Waals surface area contributed by atoms with E-state index < -0.39 is 10.0 Å². The molecule has 2 rings (SSSR count). The Morgan fingerprint density at radius 1 is 1.33 bits per heavy atom. The summed E-state index contributed by atoms with van der Waals surface area (Å²) in [5.74, 6) is 0. The van der Waals surface area contributed by atoms with Gasteiger partial charge in [-0.1, -0.05) is 37.2 Å². The van der Waals surface area contributed by atoms with Gasteiger partial charge in [0.15, 0.2) is 0 Å². The van der Waals surface area contributed by atoms with E-state index in [1.165, 1.54) is 4.31 Å². The number of benzene rings is 1. The zero-order valence-corrected chi connectivity index (χ0v) is 14.1. The van der Waals surface area contributed by atoms with E-state index in [1.54, 1.807) is 6.07 Å². The van der Waals surface area contributed by atoms with Gasteiger partial charge in [-0.3, -0.25) is 0 Å². The molecule has 4 nitrogen and oxygen atoms in total. The van der Waals surface area contributed by atoms with Crippen LogP contribution < -0.4 is 5.73 Å². The Kier molecular flexibility index (Phi) is 5.01. The van der Waals surface area contributed by atoms with Gasteiger partial charge in [0.1, 0.15) is 0 Å². The third-order valence-electron chi connectivity index (χ3n) is 3.97. The summed E-state index contributed by atoms with van der Waals surface area (Å²) in [5.41, 5.74) is 7.32. The number of sulfonamides is 1. The Morgan fingerprint density at radius 2 is 1.95 bits per heavy atom. The summed E-state index contributed by atoms with van der Waals surface area (Å²) in [7, 11) is -3.57. The molecule has 1 aromatic carbocycles. The van der Waals surface area contributed by atoms with Gasteiger partial charge < -0.3 is 5.73 Å². The standard InChI is InChI=1S/C15H22N2O2S2/c1-11-7-8-12(2)14(9-11)21(18,19)17(10-15(16)20)13-5-3-4-6-13/h7-9,13H,3-6,10H2,1-2H3,(H2,16,20). The molecule has 1 aliphatic rings. The fourth-order valence-electron chi connectivity index (χ4n) is 2.87. The van der Waals surface area contributed by atoms with Gasteiger partial charge in [-0.05, 0) is 43.9 Å². The largest absolute Gasteiger partial charge is 0.392 e. The molecule has 0 aliphatic heterocycles. The highest BCUT2D eigenvalue weighted by Crippen LogP contribution is 2.30. The van der Waals surface area contributed by atoms with E-state index in [1.807, 2.05) is 26.0 Å². The van der Waals surface area contributed by atoms with Crippen LogP contribution in [-0.2, 0) is 10.0 Å². The van der Waals surface area contributed by atoms with Gasteiger partial charge >= 0.3 is 0 Å². The zero-order chi connectivity index (χ0) is 15.6. The summed E-state index contributed by atoms with van der Waals surface area (Å²) in [4.78, 5) is 0.585. The first-order valence-electron chi connectivity index (χ1n) is 7.20. The number of nitrogens with zero attached hydrogens (tertiary/aromatic N) is 1.